The molecule has 0 unspecified atom stereocenters. The minimum Gasteiger partial charge on any atom is -0.356 e. The first-order chi connectivity index (χ1) is 10.1. The van der Waals surface area contributed by atoms with Gasteiger partial charge in [-0.15, -0.1) is 0 Å². The maximum atomic E-state index is 12.6. The fraction of sp³-hybridized carbons (Fsp3) is 0.938. The molecule has 0 aromatic heterocycles. The highest BCUT2D eigenvalue weighted by Crippen LogP contribution is 2.37. The van der Waals surface area contributed by atoms with Crippen molar-refractivity contribution >= 4 is 5.96 Å². The van der Waals surface area contributed by atoms with Gasteiger partial charge in [-0.25, -0.2) is 0 Å². The summed E-state index contributed by atoms with van der Waals surface area (Å²) >= 11 is 0. The van der Waals surface area contributed by atoms with Crippen LogP contribution in [0.5, 0.6) is 0 Å². The molecule has 1 rings (SSSR count). The lowest BCUT2D eigenvalue weighted by atomic mass is 9.85. The van der Waals surface area contributed by atoms with Crippen LogP contribution in [0.25, 0.3) is 0 Å². The predicted octanol–water partition coefficient (Wildman–Crippen LogP) is 4.10. The number of nitrogens with one attached hydrogen (secondary N) is 2. The third-order valence-electron chi connectivity index (χ3n) is 4.15. The molecule has 0 heterocycles. The average Bonchev–Trinajstić information content (AvgIpc) is 2.40. The SMILES string of the molecule is CN=C(NCCCC(C)(C)C)NC1CCC(C(F)(F)F)CC1. The zero-order valence-electron chi connectivity index (χ0n) is 14.2. The molecule has 2 N–H and O–H groups in total. The third kappa shape index (κ3) is 7.36. The van der Waals surface area contributed by atoms with Crippen LogP contribution in [0.4, 0.5) is 13.2 Å². The van der Waals surface area contributed by atoms with Crippen LogP contribution in [0.2, 0.25) is 0 Å². The first-order valence-corrected chi connectivity index (χ1v) is 8.16. The fourth-order valence-corrected chi connectivity index (χ4v) is 2.78. The van der Waals surface area contributed by atoms with Gasteiger partial charge >= 0.3 is 6.18 Å². The quantitative estimate of drug-likeness (QED) is 0.465. The van der Waals surface area contributed by atoms with Gasteiger partial charge in [-0.05, 0) is 43.9 Å². The summed E-state index contributed by atoms with van der Waals surface area (Å²) in [6.45, 7) is 7.45. The van der Waals surface area contributed by atoms with Gasteiger partial charge in [-0.3, -0.25) is 4.99 Å². The van der Waals surface area contributed by atoms with Gasteiger partial charge in [-0.2, -0.15) is 13.2 Å². The molecule has 1 aliphatic carbocycles. The summed E-state index contributed by atoms with van der Waals surface area (Å²) in [5.74, 6) is -0.434. The number of alkyl halides is 3. The Bertz CT molecular complexity index is 351. The molecule has 0 spiro atoms. The molecule has 130 valence electrons. The standard InChI is InChI=1S/C16H30F3N3/c1-15(2,3)10-5-11-21-14(20-4)22-13-8-6-12(7-9-13)16(17,18)19/h12-13H,5-11H2,1-4H3,(H2,20,21,22). The normalized spacial score (nSPS) is 24.2. The lowest BCUT2D eigenvalue weighted by Crippen LogP contribution is -2.46. The van der Waals surface area contributed by atoms with Gasteiger partial charge in [0.05, 0.1) is 5.92 Å². The lowest BCUT2D eigenvalue weighted by Gasteiger charge is -2.31. The highest BCUT2D eigenvalue weighted by molar-refractivity contribution is 5.79. The van der Waals surface area contributed by atoms with Gasteiger partial charge in [0.25, 0.3) is 0 Å². The first-order valence-electron chi connectivity index (χ1n) is 8.16. The molecule has 22 heavy (non-hydrogen) atoms. The molecule has 0 amide bonds. The number of rotatable bonds is 4. The molecule has 0 aromatic carbocycles. The number of nitrogens with zero attached hydrogens (tertiary/aromatic N) is 1. The van der Waals surface area contributed by atoms with Crippen molar-refractivity contribution in [3.63, 3.8) is 0 Å². The first kappa shape index (κ1) is 19.1. The minimum absolute atomic E-state index is 0.0902. The van der Waals surface area contributed by atoms with E-state index in [9.17, 15) is 13.2 Å². The van der Waals surface area contributed by atoms with Crippen LogP contribution in [0.1, 0.15) is 59.3 Å². The minimum atomic E-state index is -4.04. The Morgan fingerprint density at radius 3 is 2.14 bits per heavy atom. The van der Waals surface area contributed by atoms with Crippen molar-refractivity contribution in [1.29, 1.82) is 0 Å². The second kappa shape index (κ2) is 8.06. The molecule has 1 fully saturated rings. The van der Waals surface area contributed by atoms with Crippen molar-refractivity contribution in [3.8, 4) is 0 Å². The Balaban J connectivity index is 2.27. The third-order valence-corrected chi connectivity index (χ3v) is 4.15. The van der Waals surface area contributed by atoms with Crippen LogP contribution < -0.4 is 10.6 Å². The Kier molecular flexibility index (Phi) is 7.00. The molecule has 0 saturated heterocycles. The van der Waals surface area contributed by atoms with E-state index in [0.29, 0.717) is 24.2 Å². The predicted molar refractivity (Wildman–Crippen MR) is 85.0 cm³/mol. The summed E-state index contributed by atoms with van der Waals surface area (Å²) in [6.07, 6.45) is -0.360. The summed E-state index contributed by atoms with van der Waals surface area (Å²) in [7, 11) is 1.69. The van der Waals surface area contributed by atoms with Crippen molar-refractivity contribution < 1.29 is 13.2 Å². The molecule has 0 aromatic rings. The second-order valence-electron chi connectivity index (χ2n) is 7.40. The summed E-state index contributed by atoms with van der Waals surface area (Å²) < 4.78 is 37.9. The smallest absolute Gasteiger partial charge is 0.356 e. The number of hydrogen-bond acceptors (Lipinski definition) is 1. The van der Waals surface area contributed by atoms with E-state index in [1.54, 1.807) is 7.05 Å². The van der Waals surface area contributed by atoms with E-state index in [-0.39, 0.29) is 18.9 Å². The number of halogens is 3. The van der Waals surface area contributed by atoms with Crippen molar-refractivity contribution in [2.45, 2.75) is 71.5 Å². The molecular weight excluding hydrogens is 291 g/mol. The zero-order valence-corrected chi connectivity index (χ0v) is 14.2. The van der Waals surface area contributed by atoms with E-state index in [0.717, 1.165) is 19.4 Å². The van der Waals surface area contributed by atoms with Gasteiger partial charge in [-0.1, -0.05) is 20.8 Å². The molecule has 0 radical (unpaired) electrons. The summed E-state index contributed by atoms with van der Waals surface area (Å²) in [6, 6.07) is 0.0902. The molecule has 3 nitrogen and oxygen atoms in total. The van der Waals surface area contributed by atoms with Crippen LogP contribution in [0, 0.1) is 11.3 Å². The monoisotopic (exact) mass is 321 g/mol. The van der Waals surface area contributed by atoms with Crippen LogP contribution in [0.3, 0.4) is 0 Å². The summed E-state index contributed by atoms with van der Waals surface area (Å²) in [5, 5.41) is 6.49. The average molecular weight is 321 g/mol. The maximum absolute atomic E-state index is 12.6. The van der Waals surface area contributed by atoms with Crippen LogP contribution in [-0.4, -0.2) is 31.8 Å². The van der Waals surface area contributed by atoms with E-state index in [4.69, 9.17) is 0 Å². The van der Waals surface area contributed by atoms with E-state index in [1.807, 2.05) is 0 Å². The van der Waals surface area contributed by atoms with Crippen LogP contribution >= 0.6 is 0 Å². The maximum Gasteiger partial charge on any atom is 0.391 e. The fourth-order valence-electron chi connectivity index (χ4n) is 2.78. The second-order valence-corrected chi connectivity index (χ2v) is 7.40. The van der Waals surface area contributed by atoms with E-state index in [1.165, 1.54) is 0 Å². The van der Waals surface area contributed by atoms with Crippen molar-refractivity contribution in [2.24, 2.45) is 16.3 Å². The zero-order chi connectivity index (χ0) is 16.8. The van der Waals surface area contributed by atoms with Crippen molar-refractivity contribution in [2.75, 3.05) is 13.6 Å². The Morgan fingerprint density at radius 2 is 1.68 bits per heavy atom. The van der Waals surface area contributed by atoms with Crippen molar-refractivity contribution in [3.05, 3.63) is 0 Å². The van der Waals surface area contributed by atoms with E-state index < -0.39 is 12.1 Å². The van der Waals surface area contributed by atoms with Gasteiger partial charge < -0.3 is 10.6 Å². The van der Waals surface area contributed by atoms with Crippen LogP contribution in [0.15, 0.2) is 4.99 Å². The topological polar surface area (TPSA) is 36.4 Å². The molecule has 0 bridgehead atoms. The largest absolute Gasteiger partial charge is 0.391 e. The molecule has 1 saturated carbocycles. The Hall–Kier alpha value is -0.940. The van der Waals surface area contributed by atoms with Crippen LogP contribution in [-0.2, 0) is 0 Å². The van der Waals surface area contributed by atoms with Gasteiger partial charge in [0.2, 0.25) is 0 Å². The Labute approximate surface area is 132 Å². The van der Waals surface area contributed by atoms with Gasteiger partial charge in [0, 0.05) is 19.6 Å². The summed E-state index contributed by atoms with van der Waals surface area (Å²) in [4.78, 5) is 4.16. The highest BCUT2D eigenvalue weighted by Gasteiger charge is 2.41. The van der Waals surface area contributed by atoms with E-state index >= 15 is 0 Å². The lowest BCUT2D eigenvalue weighted by molar-refractivity contribution is -0.182. The molecule has 1 aliphatic rings. The molecule has 6 heteroatoms. The molecule has 0 aliphatic heterocycles. The van der Waals surface area contributed by atoms with Gasteiger partial charge in [0.15, 0.2) is 5.96 Å². The number of aliphatic imine (C=N–C) groups is 1. The van der Waals surface area contributed by atoms with E-state index in [2.05, 4.69) is 36.4 Å². The number of guanidine groups is 1. The van der Waals surface area contributed by atoms with Crippen molar-refractivity contribution in [1.82, 2.24) is 10.6 Å². The molecule has 0 atom stereocenters. The highest BCUT2D eigenvalue weighted by atomic mass is 19.4. The number of hydrogen-bond donors (Lipinski definition) is 2. The summed E-state index contributed by atoms with van der Waals surface area (Å²) in [5.41, 5.74) is 0.314. The van der Waals surface area contributed by atoms with Gasteiger partial charge in [0.1, 0.15) is 0 Å². The molecular formula is C16H30F3N3. The Morgan fingerprint density at radius 1 is 1.09 bits per heavy atom.